The van der Waals surface area contributed by atoms with Crippen LogP contribution in [0.1, 0.15) is 46.5 Å². The largest absolute Gasteiger partial charge is 0.481 e. The molecule has 0 aliphatic rings. The van der Waals surface area contributed by atoms with Gasteiger partial charge in [0.1, 0.15) is 0 Å². The van der Waals surface area contributed by atoms with Crippen LogP contribution in [0.2, 0.25) is 0 Å². The number of carbonyl (C=O) groups is 1. The molecule has 0 aromatic carbocycles. The summed E-state index contributed by atoms with van der Waals surface area (Å²) in [6.07, 6.45) is 6.06. The van der Waals surface area contributed by atoms with E-state index < -0.39 is 5.97 Å². The maximum Gasteiger partial charge on any atom is 0.306 e. The zero-order chi connectivity index (χ0) is 10.3. The fourth-order valence-electron chi connectivity index (χ4n) is 1.04. The second-order valence-electron chi connectivity index (χ2n) is 3.57. The van der Waals surface area contributed by atoms with Gasteiger partial charge >= 0.3 is 5.97 Å². The van der Waals surface area contributed by atoms with Crippen molar-refractivity contribution in [3.63, 3.8) is 0 Å². The number of aliphatic carboxylic acids is 1. The molecule has 0 saturated heterocycles. The topological polar surface area (TPSA) is 37.3 Å². The third kappa shape index (κ3) is 6.38. The summed E-state index contributed by atoms with van der Waals surface area (Å²) in [7, 11) is 0. The van der Waals surface area contributed by atoms with Crippen molar-refractivity contribution in [1.29, 1.82) is 0 Å². The molecule has 0 radical (unpaired) electrons. The molecule has 0 aromatic heterocycles. The van der Waals surface area contributed by atoms with Crippen LogP contribution < -0.4 is 0 Å². The number of carboxylic acids is 1. The Bertz CT molecular complexity index is 183. The van der Waals surface area contributed by atoms with Crippen LogP contribution in [0, 0.1) is 5.92 Å². The van der Waals surface area contributed by atoms with Gasteiger partial charge in [-0.05, 0) is 32.6 Å². The number of rotatable bonds is 6. The lowest BCUT2D eigenvalue weighted by atomic mass is 10.0. The van der Waals surface area contributed by atoms with Crippen LogP contribution >= 0.6 is 0 Å². The highest BCUT2D eigenvalue weighted by Crippen LogP contribution is 2.10. The zero-order valence-electron chi connectivity index (χ0n) is 8.84. The molecule has 0 heterocycles. The van der Waals surface area contributed by atoms with Crippen molar-refractivity contribution in [2.45, 2.75) is 46.5 Å². The number of hydrogen-bond acceptors (Lipinski definition) is 1. The van der Waals surface area contributed by atoms with E-state index in [-0.39, 0.29) is 5.92 Å². The van der Waals surface area contributed by atoms with Gasteiger partial charge in [0.25, 0.3) is 0 Å². The van der Waals surface area contributed by atoms with Crippen molar-refractivity contribution < 1.29 is 9.90 Å². The maximum atomic E-state index is 10.5. The highest BCUT2D eigenvalue weighted by Gasteiger charge is 2.08. The van der Waals surface area contributed by atoms with Crippen LogP contribution in [0.5, 0.6) is 0 Å². The molecule has 1 unspecified atom stereocenters. The monoisotopic (exact) mass is 184 g/mol. The minimum Gasteiger partial charge on any atom is -0.481 e. The second-order valence-corrected chi connectivity index (χ2v) is 3.57. The Kier molecular flexibility index (Phi) is 6.29. The Morgan fingerprint density at radius 3 is 2.62 bits per heavy atom. The van der Waals surface area contributed by atoms with Crippen LogP contribution in [-0.4, -0.2) is 11.1 Å². The molecule has 1 atom stereocenters. The molecule has 2 nitrogen and oxygen atoms in total. The Balaban J connectivity index is 3.51. The molecule has 0 amide bonds. The number of unbranched alkanes of at least 4 members (excludes halogenated alkanes) is 1. The highest BCUT2D eigenvalue weighted by atomic mass is 16.4. The third-order valence-electron chi connectivity index (χ3n) is 2.31. The molecule has 1 N–H and O–H groups in total. The fourth-order valence-corrected chi connectivity index (χ4v) is 1.04. The van der Waals surface area contributed by atoms with Crippen molar-refractivity contribution >= 4 is 5.97 Å². The Morgan fingerprint density at radius 2 is 2.15 bits per heavy atom. The molecule has 0 aromatic rings. The average molecular weight is 184 g/mol. The standard InChI is InChI=1S/C11H20O2/c1-4-9(2)7-5-6-8-10(3)11(12)13/h7,10H,4-6,8H2,1-3H3,(H,12,13)/b9-7+. The lowest BCUT2D eigenvalue weighted by Gasteiger charge is -2.03. The van der Waals surface area contributed by atoms with Crippen LogP contribution in [0.15, 0.2) is 11.6 Å². The minimum absolute atomic E-state index is 0.199. The minimum atomic E-state index is -0.684. The quantitative estimate of drug-likeness (QED) is 0.508. The van der Waals surface area contributed by atoms with Crippen molar-refractivity contribution in [1.82, 2.24) is 0 Å². The van der Waals surface area contributed by atoms with E-state index in [0.29, 0.717) is 0 Å². The van der Waals surface area contributed by atoms with Gasteiger partial charge in [-0.15, -0.1) is 0 Å². The van der Waals surface area contributed by atoms with Gasteiger partial charge in [-0.3, -0.25) is 4.79 Å². The lowest BCUT2D eigenvalue weighted by Crippen LogP contribution is -2.08. The van der Waals surface area contributed by atoms with E-state index in [1.807, 2.05) is 0 Å². The number of allylic oxidation sites excluding steroid dienone is 2. The van der Waals surface area contributed by atoms with Crippen molar-refractivity contribution in [2.24, 2.45) is 5.92 Å². The first-order valence-corrected chi connectivity index (χ1v) is 4.96. The summed E-state index contributed by atoms with van der Waals surface area (Å²) in [5, 5.41) is 8.62. The predicted octanol–water partition coefficient (Wildman–Crippen LogP) is 3.23. The van der Waals surface area contributed by atoms with Crippen molar-refractivity contribution in [3.8, 4) is 0 Å². The Morgan fingerprint density at radius 1 is 1.54 bits per heavy atom. The number of carboxylic acid groups (broad SMARTS) is 1. The van der Waals surface area contributed by atoms with E-state index >= 15 is 0 Å². The summed E-state index contributed by atoms with van der Waals surface area (Å²) < 4.78 is 0. The molecule has 0 aliphatic carbocycles. The summed E-state index contributed by atoms with van der Waals surface area (Å²) in [5.74, 6) is -0.883. The first-order valence-electron chi connectivity index (χ1n) is 4.96. The molecule has 0 aliphatic heterocycles. The number of hydrogen-bond donors (Lipinski definition) is 1. The average Bonchev–Trinajstić information content (AvgIpc) is 2.11. The van der Waals surface area contributed by atoms with Gasteiger partial charge in [0.15, 0.2) is 0 Å². The van der Waals surface area contributed by atoms with E-state index in [9.17, 15) is 4.79 Å². The Labute approximate surface area is 80.7 Å². The van der Waals surface area contributed by atoms with Gasteiger partial charge in [0, 0.05) is 0 Å². The molecule has 0 bridgehead atoms. The van der Waals surface area contributed by atoms with Crippen molar-refractivity contribution in [2.75, 3.05) is 0 Å². The molecule has 0 fully saturated rings. The first kappa shape index (κ1) is 12.2. The summed E-state index contributed by atoms with van der Waals surface area (Å²) in [5.41, 5.74) is 1.39. The Hall–Kier alpha value is -0.790. The first-order chi connectivity index (χ1) is 6.07. The highest BCUT2D eigenvalue weighted by molar-refractivity contribution is 5.69. The van der Waals surface area contributed by atoms with Crippen LogP contribution in [0.25, 0.3) is 0 Å². The molecule has 2 heteroatoms. The van der Waals surface area contributed by atoms with Gasteiger partial charge in [0.05, 0.1) is 5.92 Å². The molecule has 0 saturated carbocycles. The predicted molar refractivity (Wildman–Crippen MR) is 54.7 cm³/mol. The molecule has 13 heavy (non-hydrogen) atoms. The molecular formula is C11H20O2. The van der Waals surface area contributed by atoms with E-state index in [4.69, 9.17) is 5.11 Å². The van der Waals surface area contributed by atoms with Crippen LogP contribution in [-0.2, 0) is 4.79 Å². The third-order valence-corrected chi connectivity index (χ3v) is 2.31. The van der Waals surface area contributed by atoms with Crippen LogP contribution in [0.3, 0.4) is 0 Å². The smallest absolute Gasteiger partial charge is 0.306 e. The summed E-state index contributed by atoms with van der Waals surface area (Å²) in [6, 6.07) is 0. The summed E-state index contributed by atoms with van der Waals surface area (Å²) >= 11 is 0. The molecule has 0 spiro atoms. The van der Waals surface area contributed by atoms with E-state index in [1.54, 1.807) is 6.92 Å². The molecular weight excluding hydrogens is 164 g/mol. The fraction of sp³-hybridized carbons (Fsp3) is 0.727. The maximum absolute atomic E-state index is 10.5. The van der Waals surface area contributed by atoms with E-state index in [0.717, 1.165) is 25.7 Å². The molecule has 0 rings (SSSR count). The van der Waals surface area contributed by atoms with E-state index in [2.05, 4.69) is 19.9 Å². The van der Waals surface area contributed by atoms with Crippen LogP contribution in [0.4, 0.5) is 0 Å². The van der Waals surface area contributed by atoms with Gasteiger partial charge < -0.3 is 5.11 Å². The van der Waals surface area contributed by atoms with Gasteiger partial charge in [-0.1, -0.05) is 25.5 Å². The van der Waals surface area contributed by atoms with Gasteiger partial charge in [-0.25, -0.2) is 0 Å². The molecule has 76 valence electrons. The van der Waals surface area contributed by atoms with Crippen molar-refractivity contribution in [3.05, 3.63) is 11.6 Å². The summed E-state index contributed by atoms with van der Waals surface area (Å²) in [4.78, 5) is 10.5. The summed E-state index contributed by atoms with van der Waals surface area (Å²) in [6.45, 7) is 6.01. The van der Waals surface area contributed by atoms with Gasteiger partial charge in [0.2, 0.25) is 0 Å². The normalized spacial score (nSPS) is 14.2. The second kappa shape index (κ2) is 6.70. The van der Waals surface area contributed by atoms with E-state index in [1.165, 1.54) is 5.57 Å². The van der Waals surface area contributed by atoms with Gasteiger partial charge in [-0.2, -0.15) is 0 Å². The SMILES string of the molecule is CC/C(C)=C/CCCC(C)C(=O)O. The zero-order valence-corrected chi connectivity index (χ0v) is 8.84. The lowest BCUT2D eigenvalue weighted by molar-refractivity contribution is -0.141.